The van der Waals surface area contributed by atoms with Crippen LogP contribution in [0.2, 0.25) is 0 Å². The lowest BCUT2D eigenvalue weighted by Gasteiger charge is -2.12. The molecule has 0 saturated carbocycles. The van der Waals surface area contributed by atoms with Gasteiger partial charge in [-0.25, -0.2) is 4.79 Å². The van der Waals surface area contributed by atoms with Gasteiger partial charge in [-0.05, 0) is 77.4 Å². The van der Waals surface area contributed by atoms with Crippen LogP contribution < -0.4 is 4.74 Å². The number of benzene rings is 2. The van der Waals surface area contributed by atoms with Crippen LogP contribution in [0.25, 0.3) is 0 Å². The Balaban J connectivity index is 2.28. The molecule has 0 atom stereocenters. The predicted molar refractivity (Wildman–Crippen MR) is 86.7 cm³/mol. The number of carbonyl (C=O) groups is 1. The molecule has 4 heteroatoms. The fourth-order valence-corrected chi connectivity index (χ4v) is 2.85. The Kier molecular flexibility index (Phi) is 4.65. The Labute approximate surface area is 131 Å². The van der Waals surface area contributed by atoms with E-state index in [4.69, 9.17) is 9.84 Å². The molecule has 0 aliphatic heterocycles. The molecule has 2 aromatic carbocycles. The van der Waals surface area contributed by atoms with E-state index in [1.165, 1.54) is 5.56 Å². The Bertz CT molecular complexity index is 610. The normalized spacial score (nSPS) is 10.3. The van der Waals surface area contributed by atoms with Gasteiger partial charge in [0.2, 0.25) is 0 Å². The lowest BCUT2D eigenvalue weighted by Crippen LogP contribution is -1.96. The molecule has 104 valence electrons. The summed E-state index contributed by atoms with van der Waals surface area (Å²) < 4.78 is 6.93. The minimum Gasteiger partial charge on any atom is -0.478 e. The second kappa shape index (κ2) is 6.26. The van der Waals surface area contributed by atoms with Crippen molar-refractivity contribution in [2.24, 2.45) is 0 Å². The van der Waals surface area contributed by atoms with Crippen molar-refractivity contribution in [2.75, 3.05) is 0 Å². The zero-order valence-corrected chi connectivity index (χ0v) is 13.5. The Morgan fingerprint density at radius 1 is 1.25 bits per heavy atom. The average molecular weight is 382 g/mol. The van der Waals surface area contributed by atoms with E-state index >= 15 is 0 Å². The maximum absolute atomic E-state index is 10.8. The van der Waals surface area contributed by atoms with E-state index < -0.39 is 5.97 Å². The van der Waals surface area contributed by atoms with Crippen molar-refractivity contribution in [1.29, 1.82) is 0 Å². The molecule has 0 fully saturated rings. The first-order valence-corrected chi connectivity index (χ1v) is 7.39. The topological polar surface area (TPSA) is 46.5 Å². The third-order valence-electron chi connectivity index (χ3n) is 3.02. The highest BCUT2D eigenvalue weighted by molar-refractivity contribution is 14.1. The molecule has 0 aliphatic rings. The summed E-state index contributed by atoms with van der Waals surface area (Å²) in [5.74, 6) is 0.528. The predicted octanol–water partition coefficient (Wildman–Crippen LogP) is 4.65. The van der Waals surface area contributed by atoms with Gasteiger partial charge in [-0.3, -0.25) is 0 Å². The molecule has 0 bridgehead atoms. The highest BCUT2D eigenvalue weighted by atomic mass is 127. The van der Waals surface area contributed by atoms with Crippen molar-refractivity contribution in [3.05, 3.63) is 56.7 Å². The maximum atomic E-state index is 10.8. The summed E-state index contributed by atoms with van der Waals surface area (Å²) in [4.78, 5) is 10.8. The molecule has 20 heavy (non-hydrogen) atoms. The molecule has 0 spiro atoms. The second-order valence-electron chi connectivity index (χ2n) is 4.51. The largest absolute Gasteiger partial charge is 0.478 e. The molecular weight excluding hydrogens is 367 g/mol. The van der Waals surface area contributed by atoms with Crippen LogP contribution in [0, 0.1) is 10.5 Å². The van der Waals surface area contributed by atoms with E-state index in [-0.39, 0.29) is 5.56 Å². The number of carboxylic acids is 1. The van der Waals surface area contributed by atoms with E-state index in [1.54, 1.807) is 24.3 Å². The molecule has 0 radical (unpaired) electrons. The Morgan fingerprint density at radius 2 is 1.90 bits per heavy atom. The molecule has 0 aliphatic carbocycles. The van der Waals surface area contributed by atoms with Crippen molar-refractivity contribution in [2.45, 2.75) is 20.3 Å². The summed E-state index contributed by atoms with van der Waals surface area (Å²) in [6, 6.07) is 10.7. The first kappa shape index (κ1) is 14.8. The summed E-state index contributed by atoms with van der Waals surface area (Å²) in [6.45, 7) is 4.14. The van der Waals surface area contributed by atoms with Gasteiger partial charge in [-0.1, -0.05) is 13.0 Å². The number of rotatable bonds is 4. The van der Waals surface area contributed by atoms with Gasteiger partial charge in [0.05, 0.1) is 9.13 Å². The van der Waals surface area contributed by atoms with E-state index in [1.807, 2.05) is 6.92 Å². The number of aromatic carboxylic acids is 1. The van der Waals surface area contributed by atoms with Crippen LogP contribution in [0.4, 0.5) is 0 Å². The number of hydrogen-bond acceptors (Lipinski definition) is 2. The minimum absolute atomic E-state index is 0.255. The van der Waals surface area contributed by atoms with Crippen molar-refractivity contribution in [3.63, 3.8) is 0 Å². The van der Waals surface area contributed by atoms with Crippen LogP contribution in [0.3, 0.4) is 0 Å². The first-order valence-electron chi connectivity index (χ1n) is 6.31. The third-order valence-corrected chi connectivity index (χ3v) is 3.82. The molecule has 0 saturated heterocycles. The molecule has 0 unspecified atom stereocenters. The fourth-order valence-electron chi connectivity index (χ4n) is 1.92. The molecule has 0 aromatic heterocycles. The molecule has 0 heterocycles. The Hall–Kier alpha value is -1.56. The molecule has 2 aromatic rings. The third kappa shape index (κ3) is 3.30. The zero-order chi connectivity index (χ0) is 14.7. The standard InChI is InChI=1S/C16H15IO3/c1-3-11-8-10(2)15(14(17)9-11)20-13-6-4-12(5-7-13)16(18)19/h4-9H,3H2,1-2H3,(H,18,19). The molecule has 3 nitrogen and oxygen atoms in total. The number of hydrogen-bond donors (Lipinski definition) is 1. The zero-order valence-electron chi connectivity index (χ0n) is 11.3. The van der Waals surface area contributed by atoms with Crippen molar-refractivity contribution in [1.82, 2.24) is 0 Å². The SMILES string of the molecule is CCc1cc(C)c(Oc2ccc(C(=O)O)cc2)c(I)c1. The van der Waals surface area contributed by atoms with Crippen LogP contribution in [-0.4, -0.2) is 11.1 Å². The van der Waals surface area contributed by atoms with Gasteiger partial charge in [-0.2, -0.15) is 0 Å². The van der Waals surface area contributed by atoms with Crippen LogP contribution in [-0.2, 0) is 6.42 Å². The van der Waals surface area contributed by atoms with Crippen LogP contribution in [0.15, 0.2) is 36.4 Å². The summed E-state index contributed by atoms with van der Waals surface area (Å²) in [5, 5.41) is 8.87. The molecule has 0 amide bonds. The number of aryl methyl sites for hydroxylation is 2. The highest BCUT2D eigenvalue weighted by Crippen LogP contribution is 2.31. The number of ether oxygens (including phenoxy) is 1. The monoisotopic (exact) mass is 382 g/mol. The van der Waals surface area contributed by atoms with Crippen molar-refractivity contribution < 1.29 is 14.6 Å². The summed E-state index contributed by atoms with van der Waals surface area (Å²) in [7, 11) is 0. The van der Waals surface area contributed by atoms with Crippen LogP contribution in [0.5, 0.6) is 11.5 Å². The summed E-state index contributed by atoms with van der Waals surface area (Å²) in [5.41, 5.74) is 2.61. The highest BCUT2D eigenvalue weighted by Gasteiger charge is 2.09. The summed E-state index contributed by atoms with van der Waals surface area (Å²) in [6.07, 6.45) is 0.991. The lowest BCUT2D eigenvalue weighted by molar-refractivity contribution is 0.0697. The van der Waals surface area contributed by atoms with Gasteiger partial charge < -0.3 is 9.84 Å². The average Bonchev–Trinajstić information content (AvgIpc) is 2.43. The van der Waals surface area contributed by atoms with E-state index in [0.29, 0.717) is 5.75 Å². The second-order valence-corrected chi connectivity index (χ2v) is 5.67. The fraction of sp³-hybridized carbons (Fsp3) is 0.188. The van der Waals surface area contributed by atoms with Crippen molar-refractivity contribution >= 4 is 28.6 Å². The van der Waals surface area contributed by atoms with Gasteiger partial charge >= 0.3 is 5.97 Å². The quantitative estimate of drug-likeness (QED) is 0.783. The van der Waals surface area contributed by atoms with Crippen molar-refractivity contribution in [3.8, 4) is 11.5 Å². The van der Waals surface area contributed by atoms with Gasteiger partial charge in [0, 0.05) is 0 Å². The first-order chi connectivity index (χ1) is 9.51. The molecule has 2 rings (SSSR count). The van der Waals surface area contributed by atoms with E-state index in [2.05, 4.69) is 41.6 Å². The molecular formula is C16H15IO3. The van der Waals surface area contributed by atoms with Crippen LogP contribution >= 0.6 is 22.6 Å². The smallest absolute Gasteiger partial charge is 0.335 e. The maximum Gasteiger partial charge on any atom is 0.335 e. The van der Waals surface area contributed by atoms with Gasteiger partial charge in [0.25, 0.3) is 0 Å². The number of halogens is 1. The van der Waals surface area contributed by atoms with Gasteiger partial charge in [0.15, 0.2) is 0 Å². The van der Waals surface area contributed by atoms with Crippen LogP contribution in [0.1, 0.15) is 28.4 Å². The van der Waals surface area contributed by atoms with Gasteiger partial charge in [-0.15, -0.1) is 0 Å². The lowest BCUT2D eigenvalue weighted by atomic mass is 10.1. The Morgan fingerprint density at radius 3 is 2.40 bits per heavy atom. The van der Waals surface area contributed by atoms with E-state index in [9.17, 15) is 4.79 Å². The van der Waals surface area contributed by atoms with Gasteiger partial charge in [0.1, 0.15) is 11.5 Å². The molecule has 1 N–H and O–H groups in total. The summed E-state index contributed by atoms with van der Waals surface area (Å²) >= 11 is 2.26. The van der Waals surface area contributed by atoms with E-state index in [0.717, 1.165) is 21.3 Å². The number of carboxylic acid groups (broad SMARTS) is 1. The minimum atomic E-state index is -0.936.